The minimum Gasteiger partial charge on any atom is -0.101 e. The minimum absolute atomic E-state index is 0.0206. The summed E-state index contributed by atoms with van der Waals surface area (Å²) in [5.41, 5.74) is 14.1. The number of hydrogen-bond donors (Lipinski definition) is 0. The van der Waals surface area contributed by atoms with Crippen LogP contribution in [0.1, 0.15) is 199 Å². The molecular weight excluding hydrogens is 817 g/mol. The van der Waals surface area contributed by atoms with Gasteiger partial charge in [0.2, 0.25) is 0 Å². The second kappa shape index (κ2) is 17.2. The van der Waals surface area contributed by atoms with Crippen molar-refractivity contribution in [2.75, 3.05) is 0 Å². The van der Waals surface area contributed by atoms with Crippen LogP contribution < -0.4 is 0 Å². The lowest BCUT2D eigenvalue weighted by Crippen LogP contribution is -2.72. The number of rotatable bonds is 5. The molecule has 0 heterocycles. The molecule has 68 heavy (non-hydrogen) atoms. The molecule has 0 amide bonds. The van der Waals surface area contributed by atoms with Crippen molar-refractivity contribution in [2.24, 2.45) is 22.7 Å². The molecular formula is C68H62. The molecule has 8 aliphatic carbocycles. The largest absolute Gasteiger partial charge is 0.101 e. The van der Waals surface area contributed by atoms with E-state index in [-0.39, 0.29) is 32.5 Å². The van der Waals surface area contributed by atoms with Crippen LogP contribution in [0.4, 0.5) is 0 Å². The molecule has 8 saturated carbocycles. The lowest BCUT2D eigenvalue weighted by atomic mass is 9.26. The van der Waals surface area contributed by atoms with Crippen LogP contribution in [0.2, 0.25) is 0 Å². The molecule has 0 nitrogen and oxygen atoms in total. The molecule has 0 spiro atoms. The van der Waals surface area contributed by atoms with E-state index in [9.17, 15) is 0 Å². The van der Waals surface area contributed by atoms with Gasteiger partial charge in [-0.25, -0.2) is 0 Å². The predicted octanol–water partition coefficient (Wildman–Crippen LogP) is 13.7. The van der Waals surface area contributed by atoms with E-state index in [0.29, 0.717) is 11.8 Å². The summed E-state index contributed by atoms with van der Waals surface area (Å²) >= 11 is 0. The van der Waals surface area contributed by atoms with E-state index in [1.54, 1.807) is 0 Å². The maximum Gasteiger partial charge on any atom is 0.0260 e. The molecule has 0 heteroatoms. The van der Waals surface area contributed by atoms with Gasteiger partial charge in [0.1, 0.15) is 0 Å². The molecule has 8 aliphatic rings. The topological polar surface area (TPSA) is 0 Å². The van der Waals surface area contributed by atoms with Gasteiger partial charge in [-0.05, 0) is 272 Å². The summed E-state index contributed by atoms with van der Waals surface area (Å²) in [6.45, 7) is 15.7. The van der Waals surface area contributed by atoms with Gasteiger partial charge < -0.3 is 0 Å². The van der Waals surface area contributed by atoms with Gasteiger partial charge in [0.05, 0.1) is 0 Å². The van der Waals surface area contributed by atoms with Gasteiger partial charge in [0.25, 0.3) is 0 Å². The second-order valence-corrected chi connectivity index (χ2v) is 21.9. The maximum absolute atomic E-state index is 3.52. The molecule has 0 aromatic heterocycles. The molecule has 0 N–H and O–H groups in total. The Balaban J connectivity index is 1.29. The maximum atomic E-state index is 3.52. The van der Waals surface area contributed by atoms with E-state index in [4.69, 9.17) is 0 Å². The van der Waals surface area contributed by atoms with Crippen LogP contribution >= 0.6 is 0 Å². The molecule has 2 unspecified atom stereocenters. The van der Waals surface area contributed by atoms with Crippen LogP contribution in [0.25, 0.3) is 0 Å². The average molecular weight is 879 g/mol. The quantitative estimate of drug-likeness (QED) is 0.175. The monoisotopic (exact) mass is 878 g/mol. The minimum atomic E-state index is -0.159. The van der Waals surface area contributed by atoms with E-state index in [0.717, 1.165) is 63.8 Å². The first-order valence-electron chi connectivity index (χ1n) is 25.0. The summed E-state index contributed by atoms with van der Waals surface area (Å²) in [5.74, 6) is 55.5. The van der Waals surface area contributed by atoms with Gasteiger partial charge in [0.15, 0.2) is 0 Å². The molecule has 12 rings (SSSR count). The van der Waals surface area contributed by atoms with Gasteiger partial charge in [-0.2, -0.15) is 0 Å². The Hall–Kier alpha value is -6.64. The Bertz CT molecular complexity index is 2900. The first kappa shape index (κ1) is 45.2. The third-order valence-electron chi connectivity index (χ3n) is 17.6. The second-order valence-electron chi connectivity index (χ2n) is 21.9. The molecule has 2 atom stereocenters. The lowest BCUT2D eigenvalue weighted by molar-refractivity contribution is -0.225. The van der Waals surface area contributed by atoms with Crippen molar-refractivity contribution in [3.63, 3.8) is 0 Å². The van der Waals surface area contributed by atoms with Gasteiger partial charge >= 0.3 is 0 Å². The lowest BCUT2D eigenvalue weighted by Gasteiger charge is -2.78. The molecule has 0 aliphatic heterocycles. The van der Waals surface area contributed by atoms with Crippen LogP contribution in [0, 0.1) is 117 Å². The van der Waals surface area contributed by atoms with Crippen molar-refractivity contribution in [3.05, 3.63) is 140 Å². The third-order valence-corrected chi connectivity index (χ3v) is 17.6. The van der Waals surface area contributed by atoms with Crippen molar-refractivity contribution in [1.82, 2.24) is 0 Å². The Morgan fingerprint density at radius 1 is 0.279 bits per heavy atom. The average Bonchev–Trinajstić information content (AvgIpc) is 3.29. The van der Waals surface area contributed by atoms with Crippen LogP contribution in [-0.2, 0) is 21.7 Å². The summed E-state index contributed by atoms with van der Waals surface area (Å²) in [7, 11) is 0. The van der Waals surface area contributed by atoms with Gasteiger partial charge in [-0.15, -0.1) is 47.4 Å². The molecule has 0 radical (unpaired) electrons. The van der Waals surface area contributed by atoms with Crippen molar-refractivity contribution < 1.29 is 0 Å². The number of hydrogen-bond acceptors (Lipinski definition) is 0. The molecule has 0 saturated heterocycles. The molecule has 8 bridgehead atoms. The van der Waals surface area contributed by atoms with Crippen LogP contribution in [0.3, 0.4) is 0 Å². The zero-order chi connectivity index (χ0) is 47.4. The Labute approximate surface area is 409 Å². The highest BCUT2D eigenvalue weighted by atomic mass is 14.8. The normalized spacial score (nSPS) is 30.2. The molecule has 4 aromatic rings. The van der Waals surface area contributed by atoms with Crippen molar-refractivity contribution >= 4 is 0 Å². The van der Waals surface area contributed by atoms with Crippen LogP contribution in [0.5, 0.6) is 0 Å². The van der Waals surface area contributed by atoms with E-state index >= 15 is 0 Å². The first-order chi connectivity index (χ1) is 32.9. The summed E-state index contributed by atoms with van der Waals surface area (Å²) in [6.07, 6.45) is 14.4. The standard InChI is InChI=1S/C68H62/c1-9-17-49-25-50(18-10-2)31-59(30-49)63-38-57-29-58(39-63)41-67(40-57,45-63)68-46-64(60-32-51(19-11-3)26-52(33-60)20-12-4)42-65(47-68,61-34-53(21-13-5)27-54(35-61)22-14-6)44-66(43-64,48-68)62-36-55(23-15-7)28-56(37-62)24-16-8/h25-28,30-37,57-58H,29,38-48H2,1-8H3. The fourth-order valence-electron chi connectivity index (χ4n) is 16.8. The summed E-state index contributed by atoms with van der Waals surface area (Å²) in [6, 6.07) is 28.6. The molecule has 8 fully saturated rings. The summed E-state index contributed by atoms with van der Waals surface area (Å²) in [5, 5.41) is 0. The Morgan fingerprint density at radius 3 is 0.765 bits per heavy atom. The SMILES string of the molecule is CC#Cc1cc(C#CC)cc(C23CC4CC(C2)CC(C25CC6(c7cc(C#CC)cc(C#CC)c7)CC(c7cc(C#CC)cc(C#CC)c7)(CC(c7cc(C#CC)cc(C#CC)c7)(C6)C2)C5)(C4)C3)c1. The Kier molecular flexibility index (Phi) is 11.4. The fraction of sp³-hybridized carbons (Fsp3) is 0.412. The first-order valence-corrected chi connectivity index (χ1v) is 25.0. The van der Waals surface area contributed by atoms with Gasteiger partial charge in [-0.3, -0.25) is 0 Å². The van der Waals surface area contributed by atoms with Crippen LogP contribution in [-0.4, -0.2) is 0 Å². The highest BCUT2D eigenvalue weighted by Gasteiger charge is 2.76. The third kappa shape index (κ3) is 7.48. The van der Waals surface area contributed by atoms with Gasteiger partial charge in [0, 0.05) is 44.5 Å². The van der Waals surface area contributed by atoms with E-state index in [1.165, 1.54) is 80.0 Å². The van der Waals surface area contributed by atoms with Crippen molar-refractivity contribution in [3.8, 4) is 94.7 Å². The van der Waals surface area contributed by atoms with E-state index < -0.39 is 0 Å². The molecule has 4 aromatic carbocycles. The zero-order valence-electron chi connectivity index (χ0n) is 41.6. The summed E-state index contributed by atoms with van der Waals surface area (Å²) in [4.78, 5) is 0. The van der Waals surface area contributed by atoms with Gasteiger partial charge in [-0.1, -0.05) is 47.4 Å². The summed E-state index contributed by atoms with van der Waals surface area (Å²) < 4.78 is 0. The highest BCUT2D eigenvalue weighted by molar-refractivity contribution is 5.58. The fourth-order valence-corrected chi connectivity index (χ4v) is 16.8. The molecule has 334 valence electrons. The Morgan fingerprint density at radius 2 is 0.515 bits per heavy atom. The number of benzene rings is 4. The predicted molar refractivity (Wildman–Crippen MR) is 280 cm³/mol. The smallest absolute Gasteiger partial charge is 0.0260 e. The van der Waals surface area contributed by atoms with Crippen molar-refractivity contribution in [1.29, 1.82) is 0 Å². The zero-order valence-corrected chi connectivity index (χ0v) is 41.6. The van der Waals surface area contributed by atoms with E-state index in [2.05, 4.69) is 168 Å². The van der Waals surface area contributed by atoms with E-state index in [1.807, 2.05) is 55.4 Å². The van der Waals surface area contributed by atoms with Crippen molar-refractivity contribution in [2.45, 2.75) is 154 Å². The van der Waals surface area contributed by atoms with Crippen LogP contribution in [0.15, 0.2) is 72.8 Å². The highest BCUT2D eigenvalue weighted by Crippen LogP contribution is 2.83.